The summed E-state index contributed by atoms with van der Waals surface area (Å²) in [6.45, 7) is 2.14. The van der Waals surface area contributed by atoms with Gasteiger partial charge in [0, 0.05) is 39.6 Å². The molecule has 0 radical (unpaired) electrons. The van der Waals surface area contributed by atoms with Gasteiger partial charge < -0.3 is 9.64 Å². The monoisotopic (exact) mass is 513 g/mol. The Morgan fingerprint density at radius 1 is 0.842 bits per heavy atom. The van der Waals surface area contributed by atoms with Gasteiger partial charge in [-0.05, 0) is 67.1 Å². The molecule has 2 aliphatic rings. The van der Waals surface area contributed by atoms with Crippen LogP contribution < -0.4 is 9.64 Å². The number of para-hydroxylation sites is 1. The molecule has 2 unspecified atom stereocenters. The van der Waals surface area contributed by atoms with Crippen LogP contribution in [-0.2, 0) is 0 Å². The second-order valence-electron chi connectivity index (χ2n) is 9.69. The Morgan fingerprint density at radius 3 is 2.42 bits per heavy atom. The lowest BCUT2D eigenvalue weighted by molar-refractivity contribution is 0.415. The number of benzene rings is 3. The molecule has 7 rings (SSSR count). The Bertz CT molecular complexity index is 1680. The van der Waals surface area contributed by atoms with Crippen LogP contribution in [0.15, 0.2) is 115 Å². The fourth-order valence-corrected chi connectivity index (χ4v) is 6.40. The SMILES string of the molecule is COc1ccc(-n2cc(-c3ccc(C)s3)nc2-c2ccc3c(c2)N(c2ccccc2)C2C=CC=CC32)cc1. The third-order valence-electron chi connectivity index (χ3n) is 7.39. The molecule has 3 heterocycles. The van der Waals surface area contributed by atoms with E-state index in [1.807, 2.05) is 12.1 Å². The molecule has 2 atom stereocenters. The minimum Gasteiger partial charge on any atom is -0.497 e. The van der Waals surface area contributed by atoms with Crippen LogP contribution in [-0.4, -0.2) is 22.7 Å². The smallest absolute Gasteiger partial charge is 0.145 e. The molecular formula is C33H27N3OS. The van der Waals surface area contributed by atoms with E-state index < -0.39 is 0 Å². The van der Waals surface area contributed by atoms with Crippen LogP contribution in [0.2, 0.25) is 0 Å². The van der Waals surface area contributed by atoms with Crippen molar-refractivity contribution >= 4 is 22.7 Å². The molecular weight excluding hydrogens is 486 g/mol. The molecule has 0 saturated carbocycles. The Kier molecular flexibility index (Phi) is 5.52. The van der Waals surface area contributed by atoms with E-state index in [0.29, 0.717) is 5.92 Å². The minimum absolute atomic E-state index is 0.263. The zero-order chi connectivity index (χ0) is 25.6. The second-order valence-corrected chi connectivity index (χ2v) is 11.0. The van der Waals surface area contributed by atoms with Gasteiger partial charge in [0.2, 0.25) is 0 Å². The number of fused-ring (bicyclic) bond motifs is 3. The molecule has 0 spiro atoms. The summed E-state index contributed by atoms with van der Waals surface area (Å²) < 4.78 is 7.60. The maximum absolute atomic E-state index is 5.41. The molecule has 0 saturated heterocycles. The molecule has 0 amide bonds. The number of aromatic nitrogens is 2. The van der Waals surface area contributed by atoms with Gasteiger partial charge in [0.1, 0.15) is 11.6 Å². The zero-order valence-corrected chi connectivity index (χ0v) is 22.1. The lowest BCUT2D eigenvalue weighted by atomic mass is 9.91. The fourth-order valence-electron chi connectivity index (χ4n) is 5.58. The van der Waals surface area contributed by atoms with Crippen molar-refractivity contribution in [2.45, 2.75) is 18.9 Å². The third kappa shape index (κ3) is 3.78. The predicted molar refractivity (Wildman–Crippen MR) is 157 cm³/mol. The van der Waals surface area contributed by atoms with Crippen molar-refractivity contribution in [2.75, 3.05) is 12.0 Å². The minimum atomic E-state index is 0.263. The first-order valence-corrected chi connectivity index (χ1v) is 13.7. The van der Waals surface area contributed by atoms with Crippen molar-refractivity contribution in [1.82, 2.24) is 9.55 Å². The summed E-state index contributed by atoms with van der Waals surface area (Å²) in [5.74, 6) is 2.09. The quantitative estimate of drug-likeness (QED) is 0.237. The summed E-state index contributed by atoms with van der Waals surface area (Å²) in [6.07, 6.45) is 11.1. The van der Waals surface area contributed by atoms with Crippen LogP contribution >= 0.6 is 11.3 Å². The normalized spacial score (nSPS) is 17.5. The van der Waals surface area contributed by atoms with Crippen LogP contribution in [0.3, 0.4) is 0 Å². The van der Waals surface area contributed by atoms with E-state index in [0.717, 1.165) is 28.5 Å². The van der Waals surface area contributed by atoms with Gasteiger partial charge in [0.05, 0.1) is 23.7 Å². The van der Waals surface area contributed by atoms with Gasteiger partial charge in [0.15, 0.2) is 0 Å². The largest absolute Gasteiger partial charge is 0.497 e. The number of imidazole rings is 1. The molecule has 3 aromatic carbocycles. The number of ether oxygens (including phenoxy) is 1. The number of thiophene rings is 1. The number of rotatable bonds is 5. The number of hydrogen-bond donors (Lipinski definition) is 0. The van der Waals surface area contributed by atoms with Gasteiger partial charge in [-0.1, -0.05) is 54.6 Å². The molecule has 4 nitrogen and oxygen atoms in total. The van der Waals surface area contributed by atoms with Crippen molar-refractivity contribution in [3.63, 3.8) is 0 Å². The van der Waals surface area contributed by atoms with Gasteiger partial charge >= 0.3 is 0 Å². The van der Waals surface area contributed by atoms with Crippen molar-refractivity contribution in [3.8, 4) is 33.4 Å². The zero-order valence-electron chi connectivity index (χ0n) is 21.3. The summed E-state index contributed by atoms with van der Waals surface area (Å²) in [7, 11) is 1.69. The molecule has 5 heteroatoms. The van der Waals surface area contributed by atoms with E-state index in [1.54, 1.807) is 18.4 Å². The average molecular weight is 514 g/mol. The van der Waals surface area contributed by atoms with E-state index in [1.165, 1.54) is 26.7 Å². The maximum atomic E-state index is 5.41. The first kappa shape index (κ1) is 22.8. The number of allylic oxidation sites excluding steroid dienone is 2. The van der Waals surface area contributed by atoms with Gasteiger partial charge in [-0.3, -0.25) is 4.57 Å². The van der Waals surface area contributed by atoms with Crippen LogP contribution in [0.25, 0.3) is 27.6 Å². The summed E-state index contributed by atoms with van der Waals surface area (Å²) in [6, 6.07) is 30.3. The highest BCUT2D eigenvalue weighted by Crippen LogP contribution is 2.49. The molecule has 38 heavy (non-hydrogen) atoms. The summed E-state index contributed by atoms with van der Waals surface area (Å²) in [4.78, 5) is 10.1. The highest BCUT2D eigenvalue weighted by molar-refractivity contribution is 7.15. The highest BCUT2D eigenvalue weighted by atomic mass is 32.1. The Labute approximate surface area is 226 Å². The highest BCUT2D eigenvalue weighted by Gasteiger charge is 2.37. The van der Waals surface area contributed by atoms with Crippen molar-refractivity contribution in [2.24, 2.45) is 0 Å². The Morgan fingerprint density at radius 2 is 1.66 bits per heavy atom. The molecule has 0 bridgehead atoms. The first-order valence-electron chi connectivity index (χ1n) is 12.8. The van der Waals surface area contributed by atoms with Crippen LogP contribution in [0, 0.1) is 6.92 Å². The summed E-state index contributed by atoms with van der Waals surface area (Å²) in [5.41, 5.74) is 6.90. The Balaban J connectivity index is 1.40. The van der Waals surface area contributed by atoms with Gasteiger partial charge in [-0.25, -0.2) is 4.98 Å². The summed E-state index contributed by atoms with van der Waals surface area (Å²) >= 11 is 1.77. The lowest BCUT2D eigenvalue weighted by Gasteiger charge is -2.28. The number of nitrogens with zero attached hydrogens (tertiary/aromatic N) is 3. The van der Waals surface area contributed by atoms with Crippen molar-refractivity contribution in [1.29, 1.82) is 0 Å². The molecule has 2 aromatic heterocycles. The molecule has 1 aliphatic heterocycles. The molecule has 186 valence electrons. The lowest BCUT2D eigenvalue weighted by Crippen LogP contribution is -2.28. The van der Waals surface area contributed by atoms with E-state index in [-0.39, 0.29) is 6.04 Å². The number of methoxy groups -OCH3 is 1. The fraction of sp³-hybridized carbons (Fsp3) is 0.121. The Hall–Kier alpha value is -4.35. The van der Waals surface area contributed by atoms with Crippen molar-refractivity contribution < 1.29 is 4.74 Å². The average Bonchev–Trinajstić information content (AvgIpc) is 3.68. The standard InChI is InChI=1S/C33H27N3OS/c1-22-12-19-32(38-22)29-21-35(24-14-16-26(37-2)17-15-24)33(34-29)23-13-18-28-27-10-6-7-11-30(27)36(31(28)20-23)25-8-4-3-5-9-25/h3-21,27,30H,1-2H3. The van der Waals surface area contributed by atoms with Crippen LogP contribution in [0.5, 0.6) is 5.75 Å². The number of aryl methyl sites for hydroxylation is 1. The number of hydrogen-bond acceptors (Lipinski definition) is 4. The predicted octanol–water partition coefficient (Wildman–Crippen LogP) is 8.31. The molecule has 0 fully saturated rings. The van der Waals surface area contributed by atoms with E-state index in [4.69, 9.17) is 9.72 Å². The maximum Gasteiger partial charge on any atom is 0.145 e. The van der Waals surface area contributed by atoms with Gasteiger partial charge in [0.25, 0.3) is 0 Å². The van der Waals surface area contributed by atoms with E-state index in [2.05, 4.69) is 120 Å². The first-order chi connectivity index (χ1) is 18.7. The van der Waals surface area contributed by atoms with Gasteiger partial charge in [-0.15, -0.1) is 11.3 Å². The molecule has 1 aliphatic carbocycles. The second kappa shape index (κ2) is 9.19. The number of anilines is 2. The van der Waals surface area contributed by atoms with Crippen LogP contribution in [0.1, 0.15) is 16.4 Å². The summed E-state index contributed by atoms with van der Waals surface area (Å²) in [5, 5.41) is 0. The van der Waals surface area contributed by atoms with E-state index in [9.17, 15) is 0 Å². The topological polar surface area (TPSA) is 30.3 Å². The van der Waals surface area contributed by atoms with E-state index >= 15 is 0 Å². The van der Waals surface area contributed by atoms with Crippen molar-refractivity contribution in [3.05, 3.63) is 126 Å². The third-order valence-corrected chi connectivity index (χ3v) is 8.42. The van der Waals surface area contributed by atoms with Crippen LogP contribution in [0.4, 0.5) is 11.4 Å². The van der Waals surface area contributed by atoms with Gasteiger partial charge in [-0.2, -0.15) is 0 Å². The molecule has 0 N–H and O–H groups in total. The molecule has 5 aromatic rings.